The smallest absolute Gasteiger partial charge is 0.331 e. The van der Waals surface area contributed by atoms with E-state index in [0.29, 0.717) is 0 Å². The van der Waals surface area contributed by atoms with Gasteiger partial charge in [-0.1, -0.05) is 18.7 Å². The van der Waals surface area contributed by atoms with Crippen LogP contribution in [0.4, 0.5) is 0 Å². The van der Waals surface area contributed by atoms with Gasteiger partial charge in [-0.05, 0) is 57.6 Å². The quantitative estimate of drug-likeness (QED) is 0.546. The summed E-state index contributed by atoms with van der Waals surface area (Å²) in [4.78, 5) is 11.5. The van der Waals surface area contributed by atoms with Crippen LogP contribution in [0.5, 0.6) is 0 Å². The van der Waals surface area contributed by atoms with Crippen LogP contribution in [0.2, 0.25) is 0 Å². The highest BCUT2D eigenvalue weighted by Gasteiger charge is 2.14. The molecule has 0 fully saturated rings. The summed E-state index contributed by atoms with van der Waals surface area (Å²) in [5.74, 6) is -0.279. The molecule has 17 heavy (non-hydrogen) atoms. The molecular weight excluding hydrogens is 212 g/mol. The number of hydrogen-bond acceptors (Lipinski definition) is 2. The second-order valence-electron chi connectivity index (χ2n) is 5.33. The molecule has 0 aromatic carbocycles. The molecule has 0 amide bonds. The third-order valence-corrected chi connectivity index (χ3v) is 2.63. The largest absolute Gasteiger partial charge is 0.457 e. The predicted molar refractivity (Wildman–Crippen MR) is 70.7 cm³/mol. The lowest BCUT2D eigenvalue weighted by Crippen LogP contribution is -2.22. The number of carbonyl (C=O) groups excluding carboxylic acids is 1. The topological polar surface area (TPSA) is 26.3 Å². The Morgan fingerprint density at radius 1 is 1.24 bits per heavy atom. The number of carbonyl (C=O) groups is 1. The Kier molecular flexibility index (Phi) is 4.73. The third-order valence-electron chi connectivity index (χ3n) is 2.63. The van der Waals surface area contributed by atoms with Crippen LogP contribution < -0.4 is 0 Å². The fraction of sp³-hybridized carbons (Fsp3) is 0.533. The minimum absolute atomic E-state index is 0.279. The zero-order chi connectivity index (χ0) is 12.9. The second kappa shape index (κ2) is 5.85. The summed E-state index contributed by atoms with van der Waals surface area (Å²) in [6.45, 7) is 9.42. The van der Waals surface area contributed by atoms with Crippen molar-refractivity contribution in [2.45, 2.75) is 52.1 Å². The summed E-state index contributed by atoms with van der Waals surface area (Å²) in [6.07, 6.45) is 9.79. The summed E-state index contributed by atoms with van der Waals surface area (Å²) in [6, 6.07) is 0. The van der Waals surface area contributed by atoms with Crippen LogP contribution in [0.15, 0.2) is 36.0 Å². The molecule has 0 atom stereocenters. The van der Waals surface area contributed by atoms with Gasteiger partial charge in [0.15, 0.2) is 0 Å². The van der Waals surface area contributed by atoms with Crippen molar-refractivity contribution in [1.29, 1.82) is 0 Å². The molecule has 0 saturated heterocycles. The maximum Gasteiger partial charge on any atom is 0.331 e. The molecule has 0 bridgehead atoms. The monoisotopic (exact) mass is 234 g/mol. The second-order valence-corrected chi connectivity index (χ2v) is 5.33. The van der Waals surface area contributed by atoms with Gasteiger partial charge in [-0.2, -0.15) is 0 Å². The molecule has 0 radical (unpaired) electrons. The summed E-state index contributed by atoms with van der Waals surface area (Å²) in [7, 11) is 0. The van der Waals surface area contributed by atoms with Crippen LogP contribution in [-0.2, 0) is 9.53 Å². The van der Waals surface area contributed by atoms with Crippen LogP contribution in [0.3, 0.4) is 0 Å². The highest BCUT2D eigenvalue weighted by Crippen LogP contribution is 2.26. The first-order valence-electron chi connectivity index (χ1n) is 6.18. The molecule has 1 aliphatic rings. The highest BCUT2D eigenvalue weighted by molar-refractivity contribution is 5.83. The van der Waals surface area contributed by atoms with E-state index >= 15 is 0 Å². The van der Waals surface area contributed by atoms with Gasteiger partial charge in [-0.25, -0.2) is 4.79 Å². The number of ether oxygens (including phenoxy) is 1. The molecule has 94 valence electrons. The van der Waals surface area contributed by atoms with Gasteiger partial charge in [0.05, 0.1) is 0 Å². The van der Waals surface area contributed by atoms with Gasteiger partial charge in [0, 0.05) is 6.08 Å². The van der Waals surface area contributed by atoms with E-state index in [1.54, 1.807) is 0 Å². The van der Waals surface area contributed by atoms with Crippen LogP contribution in [0.1, 0.15) is 46.5 Å². The molecule has 1 rings (SSSR count). The Morgan fingerprint density at radius 2 is 1.82 bits per heavy atom. The minimum Gasteiger partial charge on any atom is -0.457 e. The molecular formula is C15H22O2. The van der Waals surface area contributed by atoms with Gasteiger partial charge in [-0.15, -0.1) is 0 Å². The Labute approximate surface area is 104 Å². The molecule has 0 unspecified atom stereocenters. The van der Waals surface area contributed by atoms with E-state index in [4.69, 9.17) is 4.74 Å². The number of allylic oxidation sites excluding steroid dienone is 4. The molecule has 0 aromatic rings. The summed E-state index contributed by atoms with van der Waals surface area (Å²) < 4.78 is 5.22. The Bertz CT molecular complexity index is 354. The molecule has 0 heterocycles. The van der Waals surface area contributed by atoms with Crippen molar-refractivity contribution in [2.75, 3.05) is 0 Å². The Morgan fingerprint density at radius 3 is 2.35 bits per heavy atom. The van der Waals surface area contributed by atoms with E-state index in [1.165, 1.54) is 30.1 Å². The first-order chi connectivity index (χ1) is 7.92. The van der Waals surface area contributed by atoms with Crippen molar-refractivity contribution >= 4 is 5.97 Å². The number of hydrogen-bond donors (Lipinski definition) is 0. The number of rotatable bonds is 3. The van der Waals surface area contributed by atoms with E-state index in [1.807, 2.05) is 32.9 Å². The van der Waals surface area contributed by atoms with Crippen molar-refractivity contribution in [1.82, 2.24) is 0 Å². The molecule has 0 N–H and O–H groups in total. The molecule has 2 heteroatoms. The molecule has 1 aliphatic carbocycles. The Balaban J connectivity index is 2.66. The minimum atomic E-state index is -0.427. The Hall–Kier alpha value is -1.31. The average Bonchev–Trinajstić information content (AvgIpc) is 2.24. The maximum absolute atomic E-state index is 11.5. The predicted octanol–water partition coefficient (Wildman–Crippen LogP) is 3.94. The third kappa shape index (κ3) is 5.03. The normalized spacial score (nSPS) is 17.4. The van der Waals surface area contributed by atoms with E-state index < -0.39 is 5.60 Å². The van der Waals surface area contributed by atoms with Crippen molar-refractivity contribution in [3.05, 3.63) is 36.0 Å². The lowest BCUT2D eigenvalue weighted by atomic mass is 9.91. The fourth-order valence-electron chi connectivity index (χ4n) is 1.88. The van der Waals surface area contributed by atoms with Gasteiger partial charge in [-0.3, -0.25) is 0 Å². The van der Waals surface area contributed by atoms with Crippen molar-refractivity contribution in [3.63, 3.8) is 0 Å². The first-order valence-corrected chi connectivity index (χ1v) is 6.18. The van der Waals surface area contributed by atoms with E-state index in [-0.39, 0.29) is 5.97 Å². The first kappa shape index (κ1) is 13.8. The maximum atomic E-state index is 11.5. The van der Waals surface area contributed by atoms with Gasteiger partial charge < -0.3 is 4.74 Å². The van der Waals surface area contributed by atoms with E-state index in [2.05, 4.69) is 6.58 Å². The summed E-state index contributed by atoms with van der Waals surface area (Å²) in [5, 5.41) is 0. The lowest BCUT2D eigenvalue weighted by Gasteiger charge is -2.18. The summed E-state index contributed by atoms with van der Waals surface area (Å²) in [5.41, 5.74) is 2.05. The van der Waals surface area contributed by atoms with Gasteiger partial charge in [0.2, 0.25) is 0 Å². The molecule has 0 aromatic heterocycles. The molecule has 0 spiro atoms. The number of esters is 1. The van der Waals surface area contributed by atoms with Gasteiger partial charge in [0.1, 0.15) is 5.60 Å². The van der Waals surface area contributed by atoms with E-state index in [0.717, 1.165) is 12.8 Å². The van der Waals surface area contributed by atoms with Crippen molar-refractivity contribution < 1.29 is 9.53 Å². The fourth-order valence-corrected chi connectivity index (χ4v) is 1.88. The van der Waals surface area contributed by atoms with E-state index in [9.17, 15) is 4.79 Å². The zero-order valence-electron chi connectivity index (χ0n) is 11.1. The van der Waals surface area contributed by atoms with Gasteiger partial charge in [0.25, 0.3) is 0 Å². The highest BCUT2D eigenvalue weighted by atomic mass is 16.6. The van der Waals surface area contributed by atoms with Gasteiger partial charge >= 0.3 is 5.97 Å². The standard InChI is InChI=1S/C15H22O2/c1-5-12-8-6-7-9-13(12)10-11-14(16)17-15(2,3)4/h5,10-11H,1,6-9H2,2-4H3/b11-10+. The molecule has 0 saturated carbocycles. The SMILES string of the molecule is C=CC1=C(/C=C/C(=O)OC(C)(C)C)CCCC1. The van der Waals surface area contributed by atoms with Crippen LogP contribution in [0.25, 0.3) is 0 Å². The van der Waals surface area contributed by atoms with Crippen LogP contribution in [-0.4, -0.2) is 11.6 Å². The van der Waals surface area contributed by atoms with Crippen LogP contribution in [0, 0.1) is 0 Å². The molecule has 0 aliphatic heterocycles. The average molecular weight is 234 g/mol. The molecule has 2 nitrogen and oxygen atoms in total. The van der Waals surface area contributed by atoms with Crippen molar-refractivity contribution in [2.24, 2.45) is 0 Å². The lowest BCUT2D eigenvalue weighted by molar-refractivity contribution is -0.148. The van der Waals surface area contributed by atoms with Crippen molar-refractivity contribution in [3.8, 4) is 0 Å². The summed E-state index contributed by atoms with van der Waals surface area (Å²) >= 11 is 0. The zero-order valence-corrected chi connectivity index (χ0v) is 11.1. The van der Waals surface area contributed by atoms with Crippen LogP contribution >= 0.6 is 0 Å².